The molecule has 1 heterocycles. The third kappa shape index (κ3) is 4.47. The van der Waals surface area contributed by atoms with Gasteiger partial charge in [-0.1, -0.05) is 27.2 Å². The minimum absolute atomic E-state index is 0.121. The molecule has 0 radical (unpaired) electrons. The molecule has 1 aromatic rings. The molecule has 21 heavy (non-hydrogen) atoms. The molecule has 0 saturated carbocycles. The van der Waals surface area contributed by atoms with Crippen LogP contribution in [0.4, 0.5) is 5.69 Å². The van der Waals surface area contributed by atoms with E-state index in [0.717, 1.165) is 18.5 Å². The first-order valence-corrected chi connectivity index (χ1v) is 7.12. The molecule has 1 amide bonds. The number of aromatic amines is 1. The molecule has 7 heteroatoms. The van der Waals surface area contributed by atoms with Crippen molar-refractivity contribution in [1.82, 2.24) is 15.5 Å². The number of hydrogen-bond acceptors (Lipinski definition) is 5. The summed E-state index contributed by atoms with van der Waals surface area (Å²) in [5.74, 6) is -0.705. The van der Waals surface area contributed by atoms with Gasteiger partial charge in [0.1, 0.15) is 6.04 Å². The van der Waals surface area contributed by atoms with Crippen LogP contribution in [0.1, 0.15) is 49.8 Å². The molecule has 4 N–H and O–H groups in total. The molecule has 0 aliphatic carbocycles. The van der Waals surface area contributed by atoms with Gasteiger partial charge in [-0.2, -0.15) is 5.10 Å². The number of nitrogen functional groups attached to an aromatic ring is 1. The van der Waals surface area contributed by atoms with Crippen molar-refractivity contribution in [2.75, 3.05) is 12.8 Å². The van der Waals surface area contributed by atoms with Gasteiger partial charge in [-0.15, -0.1) is 0 Å². The van der Waals surface area contributed by atoms with Crippen molar-refractivity contribution >= 4 is 17.6 Å². The number of carbonyl (C=O) groups is 2. The van der Waals surface area contributed by atoms with Crippen LogP contribution in [0, 0.1) is 5.92 Å². The number of amides is 1. The van der Waals surface area contributed by atoms with Crippen LogP contribution in [0.25, 0.3) is 0 Å². The van der Waals surface area contributed by atoms with Crippen LogP contribution in [0.15, 0.2) is 0 Å². The van der Waals surface area contributed by atoms with E-state index in [9.17, 15) is 9.59 Å². The summed E-state index contributed by atoms with van der Waals surface area (Å²) in [6.45, 7) is 5.94. The lowest BCUT2D eigenvalue weighted by molar-refractivity contribution is -0.143. The molecular formula is C14H24N4O3. The fraction of sp³-hybridized carbons (Fsp3) is 0.643. The molecule has 0 bridgehead atoms. The molecule has 0 fully saturated rings. The number of aromatic nitrogens is 2. The van der Waals surface area contributed by atoms with Gasteiger partial charge in [0.15, 0.2) is 5.69 Å². The van der Waals surface area contributed by atoms with Crippen LogP contribution in [-0.2, 0) is 16.0 Å². The third-order valence-corrected chi connectivity index (χ3v) is 3.10. The molecule has 7 nitrogen and oxygen atoms in total. The zero-order valence-electron chi connectivity index (χ0n) is 13.0. The molecule has 0 saturated heterocycles. The maximum atomic E-state index is 12.2. The highest BCUT2D eigenvalue weighted by molar-refractivity contribution is 5.99. The fourth-order valence-electron chi connectivity index (χ4n) is 2.05. The average molecular weight is 296 g/mol. The Labute approximate surface area is 124 Å². The van der Waals surface area contributed by atoms with Gasteiger partial charge in [0.2, 0.25) is 0 Å². The molecule has 1 atom stereocenters. The van der Waals surface area contributed by atoms with E-state index >= 15 is 0 Å². The minimum Gasteiger partial charge on any atom is -0.467 e. The lowest BCUT2D eigenvalue weighted by Gasteiger charge is -2.17. The summed E-state index contributed by atoms with van der Waals surface area (Å²) in [5, 5.41) is 9.33. The van der Waals surface area contributed by atoms with E-state index in [4.69, 9.17) is 10.5 Å². The predicted molar refractivity (Wildman–Crippen MR) is 79.7 cm³/mol. The van der Waals surface area contributed by atoms with E-state index in [1.807, 2.05) is 20.8 Å². The van der Waals surface area contributed by atoms with Gasteiger partial charge < -0.3 is 15.8 Å². The Balaban J connectivity index is 2.84. The topological polar surface area (TPSA) is 110 Å². The molecule has 0 aromatic carbocycles. The van der Waals surface area contributed by atoms with Crippen LogP contribution in [0.5, 0.6) is 0 Å². The number of H-pyrrole nitrogens is 1. The van der Waals surface area contributed by atoms with Crippen LogP contribution in [-0.4, -0.2) is 35.2 Å². The summed E-state index contributed by atoms with van der Waals surface area (Å²) < 4.78 is 4.71. The monoisotopic (exact) mass is 296 g/mol. The molecule has 1 unspecified atom stereocenters. The Morgan fingerprint density at radius 2 is 2.10 bits per heavy atom. The Morgan fingerprint density at radius 1 is 1.43 bits per heavy atom. The zero-order valence-corrected chi connectivity index (χ0v) is 13.0. The normalized spacial score (nSPS) is 12.2. The quantitative estimate of drug-likeness (QED) is 0.656. The van der Waals surface area contributed by atoms with E-state index < -0.39 is 17.9 Å². The van der Waals surface area contributed by atoms with Crippen molar-refractivity contribution in [2.45, 2.75) is 46.1 Å². The standard InChI is InChI=1S/C14H24N4O3/c1-5-6-9-11(15)12(18-17-9)13(19)16-10(7-8(2)3)14(20)21-4/h8,10H,5-7,15H2,1-4H3,(H,16,19)(H,17,18). The molecule has 1 rings (SSSR count). The van der Waals surface area contributed by atoms with Gasteiger partial charge in [0.25, 0.3) is 5.91 Å². The van der Waals surface area contributed by atoms with Crippen molar-refractivity contribution in [1.29, 1.82) is 0 Å². The summed E-state index contributed by atoms with van der Waals surface area (Å²) >= 11 is 0. The van der Waals surface area contributed by atoms with Gasteiger partial charge in [-0.25, -0.2) is 4.79 Å². The minimum atomic E-state index is -0.701. The summed E-state index contributed by atoms with van der Waals surface area (Å²) in [7, 11) is 1.30. The van der Waals surface area contributed by atoms with Gasteiger partial charge in [0.05, 0.1) is 18.5 Å². The molecule has 0 spiro atoms. The van der Waals surface area contributed by atoms with Crippen molar-refractivity contribution in [3.63, 3.8) is 0 Å². The first kappa shape index (κ1) is 17.0. The number of esters is 1. The highest BCUT2D eigenvalue weighted by atomic mass is 16.5. The number of nitrogens with zero attached hydrogens (tertiary/aromatic N) is 1. The number of nitrogens with one attached hydrogen (secondary N) is 2. The molecule has 0 aliphatic rings. The van der Waals surface area contributed by atoms with Gasteiger partial charge in [0, 0.05) is 0 Å². The maximum Gasteiger partial charge on any atom is 0.328 e. The van der Waals surface area contributed by atoms with Crippen molar-refractivity contribution in [3.8, 4) is 0 Å². The number of carbonyl (C=O) groups excluding carboxylic acids is 2. The summed E-state index contributed by atoms with van der Waals surface area (Å²) in [6, 6.07) is -0.701. The molecule has 1 aromatic heterocycles. The Morgan fingerprint density at radius 3 is 2.62 bits per heavy atom. The highest BCUT2D eigenvalue weighted by Gasteiger charge is 2.25. The van der Waals surface area contributed by atoms with Gasteiger partial charge in [-0.3, -0.25) is 9.89 Å². The van der Waals surface area contributed by atoms with E-state index in [2.05, 4.69) is 15.5 Å². The van der Waals surface area contributed by atoms with E-state index in [0.29, 0.717) is 12.1 Å². The second kappa shape index (κ2) is 7.66. The summed E-state index contributed by atoms with van der Waals surface area (Å²) in [6.07, 6.45) is 2.11. The fourth-order valence-corrected chi connectivity index (χ4v) is 2.05. The number of aryl methyl sites for hydroxylation is 1. The van der Waals surface area contributed by atoms with Crippen LogP contribution in [0.3, 0.4) is 0 Å². The number of anilines is 1. The average Bonchev–Trinajstić information content (AvgIpc) is 2.78. The predicted octanol–water partition coefficient (Wildman–Crippen LogP) is 1.26. The molecule has 118 valence electrons. The van der Waals surface area contributed by atoms with Gasteiger partial charge in [-0.05, 0) is 18.8 Å². The first-order chi connectivity index (χ1) is 9.90. The van der Waals surface area contributed by atoms with E-state index in [1.165, 1.54) is 7.11 Å². The SMILES string of the molecule is CCCc1[nH]nc(C(=O)NC(CC(C)C)C(=O)OC)c1N. The Kier molecular flexibility index (Phi) is 6.20. The zero-order chi connectivity index (χ0) is 16.0. The van der Waals surface area contributed by atoms with Crippen molar-refractivity contribution < 1.29 is 14.3 Å². The number of ether oxygens (including phenoxy) is 1. The Bertz CT molecular complexity index is 496. The smallest absolute Gasteiger partial charge is 0.328 e. The lowest BCUT2D eigenvalue weighted by Crippen LogP contribution is -2.42. The number of nitrogens with two attached hydrogens (primary N) is 1. The summed E-state index contributed by atoms with van der Waals surface area (Å²) in [4.78, 5) is 23.9. The second-order valence-electron chi connectivity index (χ2n) is 5.39. The van der Waals surface area contributed by atoms with Gasteiger partial charge >= 0.3 is 5.97 Å². The van der Waals surface area contributed by atoms with Crippen LogP contribution in [0.2, 0.25) is 0 Å². The highest BCUT2D eigenvalue weighted by Crippen LogP contribution is 2.16. The first-order valence-electron chi connectivity index (χ1n) is 7.12. The van der Waals surface area contributed by atoms with Crippen molar-refractivity contribution in [3.05, 3.63) is 11.4 Å². The third-order valence-electron chi connectivity index (χ3n) is 3.10. The van der Waals surface area contributed by atoms with E-state index in [1.54, 1.807) is 0 Å². The summed E-state index contributed by atoms with van der Waals surface area (Å²) in [5.41, 5.74) is 7.10. The van der Waals surface area contributed by atoms with Crippen LogP contribution >= 0.6 is 0 Å². The largest absolute Gasteiger partial charge is 0.467 e. The number of hydrogen-bond donors (Lipinski definition) is 3. The number of rotatable bonds is 7. The van der Waals surface area contributed by atoms with Crippen LogP contribution < -0.4 is 11.1 Å². The number of methoxy groups -OCH3 is 1. The molecular weight excluding hydrogens is 272 g/mol. The molecule has 0 aliphatic heterocycles. The second-order valence-corrected chi connectivity index (χ2v) is 5.39. The Hall–Kier alpha value is -2.05. The lowest BCUT2D eigenvalue weighted by atomic mass is 10.0. The van der Waals surface area contributed by atoms with Crippen molar-refractivity contribution in [2.24, 2.45) is 5.92 Å². The maximum absolute atomic E-state index is 12.2. The van der Waals surface area contributed by atoms with E-state index in [-0.39, 0.29) is 11.6 Å².